The molecule has 6 nitrogen and oxygen atoms in total. The number of thiophene rings is 1. The standard InChI is InChI=1S/C11H10N2O4S/c1-2-17-11(14)10-9(12)7-5-6(13(15)16)3-4-8(7)18-10/h3-5H,2,12H2,1H3. The van der Waals surface area contributed by atoms with E-state index in [0.717, 1.165) is 4.70 Å². The Kier molecular flexibility index (Phi) is 3.15. The van der Waals surface area contributed by atoms with Crippen molar-refractivity contribution in [2.75, 3.05) is 12.3 Å². The van der Waals surface area contributed by atoms with Crippen LogP contribution in [0, 0.1) is 10.1 Å². The Balaban J connectivity index is 2.56. The lowest BCUT2D eigenvalue weighted by atomic mass is 10.2. The molecule has 2 N–H and O–H groups in total. The fraction of sp³-hybridized carbons (Fsp3) is 0.182. The van der Waals surface area contributed by atoms with Gasteiger partial charge in [-0.3, -0.25) is 10.1 Å². The van der Waals surface area contributed by atoms with Crippen molar-refractivity contribution in [1.29, 1.82) is 0 Å². The Hall–Kier alpha value is -2.15. The zero-order valence-corrected chi connectivity index (χ0v) is 10.3. The Morgan fingerprint density at radius 2 is 2.28 bits per heavy atom. The Morgan fingerprint density at radius 1 is 1.56 bits per heavy atom. The summed E-state index contributed by atoms with van der Waals surface area (Å²) in [6, 6.07) is 4.33. The van der Waals surface area contributed by atoms with Gasteiger partial charge >= 0.3 is 5.97 Å². The molecule has 0 aliphatic heterocycles. The Labute approximate surface area is 106 Å². The van der Waals surface area contributed by atoms with E-state index >= 15 is 0 Å². The molecule has 0 aliphatic carbocycles. The molecule has 0 aliphatic rings. The van der Waals surface area contributed by atoms with Gasteiger partial charge in [0, 0.05) is 22.2 Å². The number of nitrogens with zero attached hydrogens (tertiary/aromatic N) is 1. The number of nitrogens with two attached hydrogens (primary N) is 1. The van der Waals surface area contributed by atoms with Crippen molar-refractivity contribution in [2.24, 2.45) is 0 Å². The molecular weight excluding hydrogens is 256 g/mol. The number of nitro benzene ring substituents is 1. The molecule has 0 saturated heterocycles. The average molecular weight is 266 g/mol. The summed E-state index contributed by atoms with van der Waals surface area (Å²) < 4.78 is 5.60. The van der Waals surface area contributed by atoms with Crippen molar-refractivity contribution in [2.45, 2.75) is 6.92 Å². The summed E-state index contributed by atoms with van der Waals surface area (Å²) in [5.41, 5.74) is 6.01. The zero-order chi connectivity index (χ0) is 13.3. The molecule has 0 saturated carbocycles. The van der Waals surface area contributed by atoms with Crippen LogP contribution in [-0.2, 0) is 4.74 Å². The summed E-state index contributed by atoms with van der Waals surface area (Å²) in [5, 5.41) is 11.2. The number of hydrogen-bond donors (Lipinski definition) is 1. The van der Waals surface area contributed by atoms with E-state index in [2.05, 4.69) is 0 Å². The molecule has 2 rings (SSSR count). The molecule has 2 aromatic rings. The van der Waals surface area contributed by atoms with Gasteiger partial charge in [0.2, 0.25) is 0 Å². The molecule has 0 bridgehead atoms. The van der Waals surface area contributed by atoms with E-state index in [4.69, 9.17) is 10.5 Å². The molecule has 0 spiro atoms. The lowest BCUT2D eigenvalue weighted by molar-refractivity contribution is -0.384. The first-order valence-electron chi connectivity index (χ1n) is 5.18. The molecule has 0 radical (unpaired) electrons. The first-order valence-corrected chi connectivity index (χ1v) is 5.99. The summed E-state index contributed by atoms with van der Waals surface area (Å²) >= 11 is 1.17. The van der Waals surface area contributed by atoms with E-state index in [-0.39, 0.29) is 22.9 Å². The minimum atomic E-state index is -0.501. The van der Waals surface area contributed by atoms with Crippen LogP contribution in [0.25, 0.3) is 10.1 Å². The Bertz CT molecular complexity index is 635. The first kappa shape index (κ1) is 12.3. The predicted octanol–water partition coefficient (Wildman–Crippen LogP) is 2.57. The zero-order valence-electron chi connectivity index (χ0n) is 9.50. The lowest BCUT2D eigenvalue weighted by Crippen LogP contribution is -2.04. The molecule has 1 heterocycles. The largest absolute Gasteiger partial charge is 0.462 e. The topological polar surface area (TPSA) is 95.5 Å². The molecule has 1 aromatic carbocycles. The van der Waals surface area contributed by atoms with Crippen LogP contribution in [0.2, 0.25) is 0 Å². The van der Waals surface area contributed by atoms with Crippen LogP contribution in [0.3, 0.4) is 0 Å². The van der Waals surface area contributed by atoms with Crippen LogP contribution in [-0.4, -0.2) is 17.5 Å². The third-order valence-electron chi connectivity index (χ3n) is 2.38. The lowest BCUT2D eigenvalue weighted by Gasteiger charge is -1.99. The summed E-state index contributed by atoms with van der Waals surface area (Å²) in [6.07, 6.45) is 0. The minimum absolute atomic E-state index is 0.0533. The van der Waals surface area contributed by atoms with Gasteiger partial charge in [0.15, 0.2) is 0 Å². The molecule has 0 atom stereocenters. The smallest absolute Gasteiger partial charge is 0.350 e. The van der Waals surface area contributed by atoms with Gasteiger partial charge in [-0.05, 0) is 13.0 Å². The van der Waals surface area contributed by atoms with Crippen molar-refractivity contribution in [3.05, 3.63) is 33.2 Å². The highest BCUT2D eigenvalue weighted by Gasteiger charge is 2.19. The highest BCUT2D eigenvalue weighted by molar-refractivity contribution is 7.21. The van der Waals surface area contributed by atoms with E-state index in [1.165, 1.54) is 23.5 Å². The number of benzene rings is 1. The maximum absolute atomic E-state index is 11.6. The molecule has 7 heteroatoms. The fourth-order valence-corrected chi connectivity index (χ4v) is 2.56. The van der Waals surface area contributed by atoms with Gasteiger partial charge in [-0.2, -0.15) is 0 Å². The third kappa shape index (κ3) is 2.00. The highest BCUT2D eigenvalue weighted by Crippen LogP contribution is 2.36. The summed E-state index contributed by atoms with van der Waals surface area (Å²) in [7, 11) is 0. The van der Waals surface area contributed by atoms with Gasteiger partial charge in [-0.15, -0.1) is 11.3 Å². The Morgan fingerprint density at radius 3 is 2.89 bits per heavy atom. The van der Waals surface area contributed by atoms with E-state index in [1.54, 1.807) is 13.0 Å². The van der Waals surface area contributed by atoms with Gasteiger partial charge in [0.05, 0.1) is 17.2 Å². The fourth-order valence-electron chi connectivity index (χ4n) is 1.57. The summed E-state index contributed by atoms with van der Waals surface area (Å²) in [5.74, 6) is -0.501. The second kappa shape index (κ2) is 4.61. The molecule has 0 amide bonds. The highest BCUT2D eigenvalue weighted by atomic mass is 32.1. The van der Waals surface area contributed by atoms with Crippen molar-refractivity contribution in [1.82, 2.24) is 0 Å². The number of anilines is 1. The number of hydrogen-bond acceptors (Lipinski definition) is 6. The second-order valence-electron chi connectivity index (χ2n) is 3.50. The van der Waals surface area contributed by atoms with E-state index < -0.39 is 10.9 Å². The number of esters is 1. The van der Waals surface area contributed by atoms with Crippen LogP contribution >= 0.6 is 11.3 Å². The second-order valence-corrected chi connectivity index (χ2v) is 4.56. The van der Waals surface area contributed by atoms with Gasteiger partial charge < -0.3 is 10.5 Å². The van der Waals surface area contributed by atoms with Crippen LogP contribution < -0.4 is 5.73 Å². The quantitative estimate of drug-likeness (QED) is 0.523. The molecule has 94 valence electrons. The van der Waals surface area contributed by atoms with E-state index in [0.29, 0.717) is 5.39 Å². The summed E-state index contributed by atoms with van der Waals surface area (Å²) in [4.78, 5) is 22.1. The van der Waals surface area contributed by atoms with Gasteiger partial charge in [0.25, 0.3) is 5.69 Å². The van der Waals surface area contributed by atoms with E-state index in [9.17, 15) is 14.9 Å². The van der Waals surface area contributed by atoms with Crippen molar-refractivity contribution in [3.63, 3.8) is 0 Å². The van der Waals surface area contributed by atoms with E-state index in [1.807, 2.05) is 0 Å². The molecular formula is C11H10N2O4S. The van der Waals surface area contributed by atoms with Gasteiger partial charge in [0.1, 0.15) is 4.88 Å². The average Bonchev–Trinajstić information content (AvgIpc) is 2.67. The van der Waals surface area contributed by atoms with Gasteiger partial charge in [-0.1, -0.05) is 0 Å². The number of non-ortho nitro benzene ring substituents is 1. The number of carbonyl (C=O) groups excluding carboxylic acids is 1. The maximum Gasteiger partial charge on any atom is 0.350 e. The number of nitro groups is 1. The summed E-state index contributed by atoms with van der Waals surface area (Å²) in [6.45, 7) is 1.96. The van der Waals surface area contributed by atoms with Crippen LogP contribution in [0.15, 0.2) is 18.2 Å². The van der Waals surface area contributed by atoms with Gasteiger partial charge in [-0.25, -0.2) is 4.79 Å². The predicted molar refractivity (Wildman–Crippen MR) is 68.8 cm³/mol. The molecule has 0 unspecified atom stereocenters. The number of fused-ring (bicyclic) bond motifs is 1. The van der Waals surface area contributed by atoms with Crippen molar-refractivity contribution in [3.8, 4) is 0 Å². The number of ether oxygens (including phenoxy) is 1. The molecule has 0 fully saturated rings. The van der Waals surface area contributed by atoms with Crippen molar-refractivity contribution >= 4 is 38.8 Å². The maximum atomic E-state index is 11.6. The third-order valence-corrected chi connectivity index (χ3v) is 3.55. The molecule has 18 heavy (non-hydrogen) atoms. The van der Waals surface area contributed by atoms with Crippen LogP contribution in [0.1, 0.15) is 16.6 Å². The number of rotatable bonds is 3. The number of nitrogen functional groups attached to an aromatic ring is 1. The SMILES string of the molecule is CCOC(=O)c1sc2ccc([N+](=O)[O-])cc2c1N. The van der Waals surface area contributed by atoms with Crippen LogP contribution in [0.5, 0.6) is 0 Å². The minimum Gasteiger partial charge on any atom is -0.462 e. The van der Waals surface area contributed by atoms with Crippen LogP contribution in [0.4, 0.5) is 11.4 Å². The molecule has 1 aromatic heterocycles. The normalized spacial score (nSPS) is 10.5. The number of carbonyl (C=O) groups is 1. The van der Waals surface area contributed by atoms with Crippen molar-refractivity contribution < 1.29 is 14.5 Å². The monoisotopic (exact) mass is 266 g/mol. The first-order chi connectivity index (χ1) is 8.54.